The fourth-order valence-corrected chi connectivity index (χ4v) is 2.23. The second-order valence-corrected chi connectivity index (χ2v) is 5.09. The van der Waals surface area contributed by atoms with E-state index in [9.17, 15) is 4.79 Å². The number of rotatable bonds is 4. The first-order valence-electron chi connectivity index (χ1n) is 6.95. The zero-order valence-electron chi connectivity index (χ0n) is 12.9. The Bertz CT molecular complexity index is 662. The summed E-state index contributed by atoms with van der Waals surface area (Å²) in [5.74, 6) is -0.141. The van der Waals surface area contributed by atoms with E-state index in [0.717, 1.165) is 11.4 Å². The van der Waals surface area contributed by atoms with Crippen LogP contribution in [-0.4, -0.2) is 32.6 Å². The number of pyridine rings is 1. The first-order valence-corrected chi connectivity index (χ1v) is 6.95. The van der Waals surface area contributed by atoms with Crippen LogP contribution in [-0.2, 0) is 13.1 Å². The fourth-order valence-electron chi connectivity index (χ4n) is 2.23. The fraction of sp³-hybridized carbons (Fsp3) is 0.400. The standard InChI is InChI=1S/C15H21N5O/c1-5-20-14(13(16)11(3)18-20)15(21)19(4)9-12-8-6-7-10(2)17-12/h6-8H,5,9,16H2,1-4H3. The minimum absolute atomic E-state index is 0.141. The van der Waals surface area contributed by atoms with Gasteiger partial charge < -0.3 is 10.6 Å². The van der Waals surface area contributed by atoms with E-state index in [1.807, 2.05) is 32.0 Å². The van der Waals surface area contributed by atoms with E-state index in [-0.39, 0.29) is 5.91 Å². The van der Waals surface area contributed by atoms with Crippen LogP contribution in [0.25, 0.3) is 0 Å². The predicted octanol–water partition coefficient (Wildman–Crippen LogP) is 1.77. The molecule has 0 unspecified atom stereocenters. The third-order valence-corrected chi connectivity index (χ3v) is 3.37. The predicted molar refractivity (Wildman–Crippen MR) is 81.8 cm³/mol. The van der Waals surface area contributed by atoms with Gasteiger partial charge in [0.25, 0.3) is 5.91 Å². The van der Waals surface area contributed by atoms with Crippen molar-refractivity contribution in [1.29, 1.82) is 0 Å². The Labute approximate surface area is 124 Å². The molecule has 0 fully saturated rings. The summed E-state index contributed by atoms with van der Waals surface area (Å²) in [7, 11) is 1.74. The zero-order valence-corrected chi connectivity index (χ0v) is 12.9. The van der Waals surface area contributed by atoms with E-state index >= 15 is 0 Å². The lowest BCUT2D eigenvalue weighted by atomic mass is 10.2. The summed E-state index contributed by atoms with van der Waals surface area (Å²) in [6, 6.07) is 5.77. The highest BCUT2D eigenvalue weighted by Gasteiger charge is 2.22. The molecule has 21 heavy (non-hydrogen) atoms. The average Bonchev–Trinajstić information content (AvgIpc) is 2.73. The second kappa shape index (κ2) is 5.95. The van der Waals surface area contributed by atoms with Crippen molar-refractivity contribution in [3.8, 4) is 0 Å². The second-order valence-electron chi connectivity index (χ2n) is 5.09. The monoisotopic (exact) mass is 287 g/mol. The number of hydrogen-bond donors (Lipinski definition) is 1. The smallest absolute Gasteiger partial charge is 0.274 e. The van der Waals surface area contributed by atoms with Crippen LogP contribution >= 0.6 is 0 Å². The first kappa shape index (κ1) is 15.0. The summed E-state index contributed by atoms with van der Waals surface area (Å²) >= 11 is 0. The van der Waals surface area contributed by atoms with Gasteiger partial charge in [-0.25, -0.2) is 0 Å². The van der Waals surface area contributed by atoms with E-state index < -0.39 is 0 Å². The van der Waals surface area contributed by atoms with Crippen molar-refractivity contribution in [3.05, 3.63) is 41.0 Å². The van der Waals surface area contributed by atoms with E-state index in [2.05, 4.69) is 10.1 Å². The molecule has 2 aromatic rings. The van der Waals surface area contributed by atoms with Crippen LogP contribution in [0.4, 0.5) is 5.69 Å². The highest BCUT2D eigenvalue weighted by molar-refractivity contribution is 5.97. The van der Waals surface area contributed by atoms with Crippen molar-refractivity contribution in [1.82, 2.24) is 19.7 Å². The molecule has 6 heteroatoms. The van der Waals surface area contributed by atoms with Crippen LogP contribution < -0.4 is 5.73 Å². The minimum atomic E-state index is -0.141. The van der Waals surface area contributed by atoms with Crippen LogP contribution in [0.15, 0.2) is 18.2 Å². The van der Waals surface area contributed by atoms with Crippen LogP contribution in [0.2, 0.25) is 0 Å². The number of carbonyl (C=O) groups is 1. The Morgan fingerprint density at radius 3 is 2.71 bits per heavy atom. The van der Waals surface area contributed by atoms with Crippen molar-refractivity contribution >= 4 is 11.6 Å². The molecule has 2 N–H and O–H groups in total. The van der Waals surface area contributed by atoms with E-state index in [0.29, 0.717) is 30.2 Å². The van der Waals surface area contributed by atoms with Gasteiger partial charge in [0.1, 0.15) is 5.69 Å². The molecule has 0 aliphatic heterocycles. The lowest BCUT2D eigenvalue weighted by Crippen LogP contribution is -2.29. The van der Waals surface area contributed by atoms with Gasteiger partial charge in [-0.2, -0.15) is 5.10 Å². The van der Waals surface area contributed by atoms with Gasteiger partial charge in [0.05, 0.1) is 23.6 Å². The average molecular weight is 287 g/mol. The Kier molecular flexibility index (Phi) is 4.26. The van der Waals surface area contributed by atoms with Gasteiger partial charge in [-0.3, -0.25) is 14.5 Å². The molecule has 112 valence electrons. The molecule has 2 aromatic heterocycles. The van der Waals surface area contributed by atoms with Crippen molar-refractivity contribution in [2.24, 2.45) is 0 Å². The van der Waals surface area contributed by atoms with Crippen LogP contribution in [0.5, 0.6) is 0 Å². The number of aryl methyl sites for hydroxylation is 3. The summed E-state index contributed by atoms with van der Waals surface area (Å²) in [4.78, 5) is 18.6. The molecule has 0 spiro atoms. The van der Waals surface area contributed by atoms with Gasteiger partial charge in [-0.05, 0) is 32.9 Å². The molecule has 0 aliphatic carbocycles. The van der Waals surface area contributed by atoms with Crippen molar-refractivity contribution < 1.29 is 4.79 Å². The number of anilines is 1. The van der Waals surface area contributed by atoms with E-state index in [1.54, 1.807) is 23.6 Å². The molecule has 0 aliphatic rings. The molecule has 2 heterocycles. The van der Waals surface area contributed by atoms with Gasteiger partial charge in [-0.1, -0.05) is 6.07 Å². The Morgan fingerprint density at radius 1 is 1.38 bits per heavy atom. The third-order valence-electron chi connectivity index (χ3n) is 3.37. The number of amides is 1. The number of hydrogen-bond acceptors (Lipinski definition) is 4. The normalized spacial score (nSPS) is 10.7. The van der Waals surface area contributed by atoms with Crippen molar-refractivity contribution in [2.45, 2.75) is 33.9 Å². The molecule has 0 bridgehead atoms. The summed E-state index contributed by atoms with van der Waals surface area (Å²) in [5.41, 5.74) is 9.35. The molecule has 0 atom stereocenters. The van der Waals surface area contributed by atoms with Crippen LogP contribution in [0, 0.1) is 13.8 Å². The van der Waals surface area contributed by atoms with Crippen molar-refractivity contribution in [3.63, 3.8) is 0 Å². The Balaban J connectivity index is 2.24. The van der Waals surface area contributed by atoms with Gasteiger partial charge in [0.15, 0.2) is 0 Å². The largest absolute Gasteiger partial charge is 0.395 e. The van der Waals surface area contributed by atoms with E-state index in [1.165, 1.54) is 0 Å². The van der Waals surface area contributed by atoms with Crippen LogP contribution in [0.3, 0.4) is 0 Å². The minimum Gasteiger partial charge on any atom is -0.395 e. The number of carbonyl (C=O) groups excluding carboxylic acids is 1. The van der Waals surface area contributed by atoms with Gasteiger partial charge >= 0.3 is 0 Å². The molecule has 0 saturated heterocycles. The summed E-state index contributed by atoms with van der Waals surface area (Å²) < 4.78 is 1.65. The van der Waals surface area contributed by atoms with Crippen LogP contribution in [0.1, 0.15) is 34.5 Å². The molecule has 6 nitrogen and oxygen atoms in total. The molecular formula is C15H21N5O. The Hall–Kier alpha value is -2.37. The highest BCUT2D eigenvalue weighted by atomic mass is 16.2. The first-order chi connectivity index (χ1) is 9.93. The molecule has 0 radical (unpaired) electrons. The number of aromatic nitrogens is 3. The zero-order chi connectivity index (χ0) is 15.6. The quantitative estimate of drug-likeness (QED) is 0.929. The molecule has 2 rings (SSSR count). The SMILES string of the molecule is CCn1nc(C)c(N)c1C(=O)N(C)Cc1cccc(C)n1. The Morgan fingerprint density at radius 2 is 2.10 bits per heavy atom. The maximum Gasteiger partial charge on any atom is 0.274 e. The number of nitrogen functional groups attached to an aromatic ring is 1. The molecule has 0 saturated carbocycles. The highest BCUT2D eigenvalue weighted by Crippen LogP contribution is 2.18. The third kappa shape index (κ3) is 3.04. The maximum atomic E-state index is 12.6. The molecule has 0 aromatic carbocycles. The van der Waals surface area contributed by atoms with Gasteiger partial charge in [-0.15, -0.1) is 0 Å². The van der Waals surface area contributed by atoms with Gasteiger partial charge in [0.2, 0.25) is 0 Å². The van der Waals surface area contributed by atoms with E-state index in [4.69, 9.17) is 5.73 Å². The molecular weight excluding hydrogens is 266 g/mol. The number of nitrogens with two attached hydrogens (primary N) is 1. The van der Waals surface area contributed by atoms with Gasteiger partial charge in [0, 0.05) is 19.3 Å². The lowest BCUT2D eigenvalue weighted by molar-refractivity contribution is 0.0772. The summed E-state index contributed by atoms with van der Waals surface area (Å²) in [5, 5.41) is 4.28. The maximum absolute atomic E-state index is 12.6. The summed E-state index contributed by atoms with van der Waals surface area (Å²) in [6.07, 6.45) is 0. The number of nitrogens with zero attached hydrogens (tertiary/aromatic N) is 4. The van der Waals surface area contributed by atoms with Crippen molar-refractivity contribution in [2.75, 3.05) is 12.8 Å². The summed E-state index contributed by atoms with van der Waals surface area (Å²) in [6.45, 7) is 6.72. The topological polar surface area (TPSA) is 77.0 Å². The molecule has 1 amide bonds. The lowest BCUT2D eigenvalue weighted by Gasteiger charge is -2.18.